The van der Waals surface area contributed by atoms with E-state index in [4.69, 9.17) is 10.2 Å². The normalized spacial score (nSPS) is 17.2. The third-order valence-electron chi connectivity index (χ3n) is 6.14. The van der Waals surface area contributed by atoms with E-state index in [0.29, 0.717) is 17.4 Å². The summed E-state index contributed by atoms with van der Waals surface area (Å²) in [6.45, 7) is 6.47. The predicted molar refractivity (Wildman–Crippen MR) is 135 cm³/mol. The number of aromatic nitrogens is 5. The van der Waals surface area contributed by atoms with E-state index in [0.717, 1.165) is 57.6 Å². The lowest BCUT2D eigenvalue weighted by Gasteiger charge is -2.33. The Morgan fingerprint density at radius 1 is 1.26 bits per heavy atom. The summed E-state index contributed by atoms with van der Waals surface area (Å²) in [5, 5.41) is 30.8. The summed E-state index contributed by atoms with van der Waals surface area (Å²) in [7, 11) is 0. The minimum atomic E-state index is 0.0172. The van der Waals surface area contributed by atoms with Gasteiger partial charge in [0.15, 0.2) is 5.01 Å². The van der Waals surface area contributed by atoms with Crippen LogP contribution in [0.1, 0.15) is 50.1 Å². The van der Waals surface area contributed by atoms with Crippen LogP contribution in [0.25, 0.3) is 27.5 Å². The molecule has 0 bridgehead atoms. The molecule has 1 aliphatic carbocycles. The van der Waals surface area contributed by atoms with Crippen molar-refractivity contribution >= 4 is 28.4 Å². The van der Waals surface area contributed by atoms with Crippen molar-refractivity contribution in [2.24, 2.45) is 5.92 Å². The number of hydrogen-bond donors (Lipinski definition) is 2. The SMILES string of the molecule is CC(=O)NCC1CC(c2nnc(-c3cnc(-c4ccc5cc(C#N)cnn45)cc3NC(C)C)s2)C1. The van der Waals surface area contributed by atoms with Crippen LogP contribution in [0.3, 0.4) is 0 Å². The summed E-state index contributed by atoms with van der Waals surface area (Å²) >= 11 is 1.61. The maximum Gasteiger partial charge on any atom is 0.216 e. The lowest BCUT2D eigenvalue weighted by Crippen LogP contribution is -2.34. The molecule has 1 amide bonds. The molecule has 0 unspecified atom stereocenters. The molecule has 4 aromatic rings. The fraction of sp³-hybridized carbons (Fsp3) is 0.360. The van der Waals surface area contributed by atoms with Gasteiger partial charge in [0.05, 0.1) is 34.2 Å². The second-order valence-electron chi connectivity index (χ2n) is 9.24. The van der Waals surface area contributed by atoms with Crippen LogP contribution in [0.5, 0.6) is 0 Å². The molecule has 5 rings (SSSR count). The Morgan fingerprint density at radius 3 is 2.83 bits per heavy atom. The molecular weight excluding hydrogens is 460 g/mol. The highest BCUT2D eigenvalue weighted by Crippen LogP contribution is 2.44. The number of fused-ring (bicyclic) bond motifs is 1. The maximum absolute atomic E-state index is 11.1. The summed E-state index contributed by atoms with van der Waals surface area (Å²) in [4.78, 5) is 15.9. The van der Waals surface area contributed by atoms with Crippen LogP contribution in [0, 0.1) is 17.2 Å². The predicted octanol–water partition coefficient (Wildman–Crippen LogP) is 4.24. The number of pyridine rings is 1. The van der Waals surface area contributed by atoms with Crippen molar-refractivity contribution in [1.82, 2.24) is 30.1 Å². The van der Waals surface area contributed by atoms with Crippen LogP contribution in [0.4, 0.5) is 5.69 Å². The Morgan fingerprint density at radius 2 is 2.09 bits per heavy atom. The van der Waals surface area contributed by atoms with Gasteiger partial charge in [-0.1, -0.05) is 11.3 Å². The zero-order valence-electron chi connectivity index (χ0n) is 19.8. The van der Waals surface area contributed by atoms with E-state index in [1.165, 1.54) is 0 Å². The average Bonchev–Trinajstić information content (AvgIpc) is 3.44. The van der Waals surface area contributed by atoms with Crippen LogP contribution in [0.15, 0.2) is 36.7 Å². The first-order valence-electron chi connectivity index (χ1n) is 11.6. The van der Waals surface area contributed by atoms with E-state index < -0.39 is 0 Å². The first kappa shape index (κ1) is 22.9. The molecule has 1 saturated carbocycles. The Labute approximate surface area is 207 Å². The molecule has 35 heavy (non-hydrogen) atoms. The quantitative estimate of drug-likeness (QED) is 0.401. The molecule has 10 heteroatoms. The van der Waals surface area contributed by atoms with Crippen molar-refractivity contribution in [1.29, 1.82) is 5.26 Å². The molecule has 0 aromatic carbocycles. The van der Waals surface area contributed by atoms with Crippen molar-refractivity contribution in [2.45, 2.75) is 45.6 Å². The average molecular weight is 487 g/mol. The van der Waals surface area contributed by atoms with Gasteiger partial charge in [-0.05, 0) is 56.9 Å². The monoisotopic (exact) mass is 486 g/mol. The van der Waals surface area contributed by atoms with Crippen LogP contribution in [-0.4, -0.2) is 43.3 Å². The number of nitrogens with zero attached hydrogens (tertiary/aromatic N) is 6. The van der Waals surface area contributed by atoms with Gasteiger partial charge in [-0.15, -0.1) is 10.2 Å². The third-order valence-corrected chi connectivity index (χ3v) is 7.25. The van der Waals surface area contributed by atoms with Crippen molar-refractivity contribution < 1.29 is 4.79 Å². The first-order chi connectivity index (χ1) is 16.9. The molecule has 0 atom stereocenters. The van der Waals surface area contributed by atoms with Crippen molar-refractivity contribution in [2.75, 3.05) is 11.9 Å². The molecule has 4 heterocycles. The molecule has 9 nitrogen and oxygen atoms in total. The highest BCUT2D eigenvalue weighted by atomic mass is 32.1. The number of hydrogen-bond acceptors (Lipinski definition) is 8. The molecule has 4 aromatic heterocycles. The minimum Gasteiger partial charge on any atom is -0.382 e. The van der Waals surface area contributed by atoms with E-state index in [-0.39, 0.29) is 11.9 Å². The van der Waals surface area contributed by atoms with E-state index in [9.17, 15) is 4.79 Å². The van der Waals surface area contributed by atoms with Gasteiger partial charge >= 0.3 is 0 Å². The molecule has 1 fully saturated rings. The number of carbonyl (C=O) groups is 1. The van der Waals surface area contributed by atoms with Gasteiger partial charge in [-0.2, -0.15) is 10.4 Å². The maximum atomic E-state index is 11.1. The van der Waals surface area contributed by atoms with E-state index in [2.05, 4.69) is 45.8 Å². The molecule has 2 N–H and O–H groups in total. The summed E-state index contributed by atoms with van der Waals surface area (Å²) in [6, 6.07) is 10.1. The second-order valence-corrected chi connectivity index (χ2v) is 10.3. The van der Waals surface area contributed by atoms with Gasteiger partial charge in [0.25, 0.3) is 0 Å². The highest BCUT2D eigenvalue weighted by molar-refractivity contribution is 7.14. The lowest BCUT2D eigenvalue weighted by molar-refractivity contribution is -0.119. The standard InChI is InChI=1S/C25H26N8OS/c1-14(2)30-21-9-22(23-5-4-19-8-17(10-26)12-29-33(19)23)28-13-20(21)25-32-31-24(35-25)18-6-16(7-18)11-27-15(3)34/h4-5,8-9,12-14,16,18H,6-7,11H2,1-3H3,(H,27,34)(H,28,30). The van der Waals surface area contributed by atoms with Gasteiger partial charge in [0.1, 0.15) is 11.1 Å². The Hall–Kier alpha value is -3.84. The van der Waals surface area contributed by atoms with Crippen LogP contribution >= 0.6 is 11.3 Å². The fourth-order valence-electron chi connectivity index (χ4n) is 4.35. The first-order valence-corrected chi connectivity index (χ1v) is 12.5. The van der Waals surface area contributed by atoms with Crippen LogP contribution in [0.2, 0.25) is 0 Å². The molecule has 0 spiro atoms. The van der Waals surface area contributed by atoms with Crippen molar-refractivity contribution in [3.63, 3.8) is 0 Å². The van der Waals surface area contributed by atoms with E-state index in [1.807, 2.05) is 30.5 Å². The molecule has 1 aliphatic rings. The summed E-state index contributed by atoms with van der Waals surface area (Å²) in [5.74, 6) is 0.916. The van der Waals surface area contributed by atoms with Crippen LogP contribution < -0.4 is 10.6 Å². The zero-order chi connectivity index (χ0) is 24.5. The number of amides is 1. The topological polar surface area (TPSA) is 121 Å². The summed E-state index contributed by atoms with van der Waals surface area (Å²) in [6.07, 6.45) is 5.44. The lowest BCUT2D eigenvalue weighted by atomic mass is 9.75. The smallest absolute Gasteiger partial charge is 0.216 e. The van der Waals surface area contributed by atoms with Crippen LogP contribution in [-0.2, 0) is 4.79 Å². The minimum absolute atomic E-state index is 0.0172. The van der Waals surface area contributed by atoms with Gasteiger partial charge in [-0.3, -0.25) is 9.78 Å². The largest absolute Gasteiger partial charge is 0.382 e. The number of anilines is 1. The van der Waals surface area contributed by atoms with Gasteiger partial charge in [0, 0.05) is 37.3 Å². The van der Waals surface area contributed by atoms with Gasteiger partial charge in [-0.25, -0.2) is 4.52 Å². The third kappa shape index (κ3) is 4.72. The summed E-state index contributed by atoms with van der Waals surface area (Å²) < 4.78 is 1.79. The Bertz CT molecular complexity index is 1430. The molecule has 0 aliphatic heterocycles. The van der Waals surface area contributed by atoms with Gasteiger partial charge < -0.3 is 10.6 Å². The number of nitriles is 1. The van der Waals surface area contributed by atoms with Crippen molar-refractivity contribution in [3.8, 4) is 28.0 Å². The summed E-state index contributed by atoms with van der Waals surface area (Å²) in [5.41, 5.74) is 4.84. The number of carbonyl (C=O) groups excluding carboxylic acids is 1. The van der Waals surface area contributed by atoms with E-state index >= 15 is 0 Å². The Balaban J connectivity index is 1.41. The number of nitrogens with one attached hydrogen (secondary N) is 2. The molecule has 0 saturated heterocycles. The zero-order valence-corrected chi connectivity index (χ0v) is 20.6. The molecule has 0 radical (unpaired) electrons. The van der Waals surface area contributed by atoms with E-state index in [1.54, 1.807) is 29.0 Å². The van der Waals surface area contributed by atoms with Crippen molar-refractivity contribution in [3.05, 3.63) is 47.2 Å². The molecule has 178 valence electrons. The molecular formula is C25H26N8OS. The fourth-order valence-corrected chi connectivity index (χ4v) is 5.34. The highest BCUT2D eigenvalue weighted by Gasteiger charge is 2.33. The number of rotatable bonds is 7. The second kappa shape index (κ2) is 9.43. The van der Waals surface area contributed by atoms with Gasteiger partial charge in [0.2, 0.25) is 5.91 Å². The Kier molecular flexibility index (Phi) is 6.17.